The van der Waals surface area contributed by atoms with E-state index in [1.807, 2.05) is 30.1 Å². The van der Waals surface area contributed by atoms with Gasteiger partial charge in [0.15, 0.2) is 0 Å². The smallest absolute Gasteiger partial charge is 0.358 e. The lowest BCUT2D eigenvalue weighted by molar-refractivity contribution is -0.137. The molecule has 0 spiro atoms. The molecule has 1 saturated heterocycles. The van der Waals surface area contributed by atoms with Crippen molar-refractivity contribution in [3.63, 3.8) is 0 Å². The highest BCUT2D eigenvalue weighted by molar-refractivity contribution is 5.85. The second kappa shape index (κ2) is 8.95. The van der Waals surface area contributed by atoms with E-state index in [-0.39, 0.29) is 11.9 Å². The van der Waals surface area contributed by atoms with Crippen LogP contribution in [0.3, 0.4) is 0 Å². The number of fused-ring (bicyclic) bond motifs is 2. The number of hydrazine groups is 1. The van der Waals surface area contributed by atoms with E-state index in [0.717, 1.165) is 66.0 Å². The second-order valence-electron chi connectivity index (χ2n) is 9.59. The fourth-order valence-electron chi connectivity index (χ4n) is 5.36. The van der Waals surface area contributed by atoms with Crippen LogP contribution >= 0.6 is 0 Å². The van der Waals surface area contributed by atoms with Crippen molar-refractivity contribution < 1.29 is 17.6 Å². The minimum Gasteiger partial charge on any atom is -0.358 e. The molecule has 0 amide bonds. The predicted molar refractivity (Wildman–Crippen MR) is 137 cm³/mol. The molecule has 0 bridgehead atoms. The standard InChI is InChI=1S/C27H26F4N6/c1-16-23(35-19-3-4-21-22(28)15-33-24(21)13-19)6-9-32-26(16)36-10-7-20(8-11-36)37-25-5-2-18(27(29,30)31)12-17(25)14-34-37/h2-6,9,12-13,15,20,33-34H,7-8,10-11,14H2,1H3,(H,32,35). The molecular weight excluding hydrogens is 484 g/mol. The number of aromatic nitrogens is 2. The van der Waals surface area contributed by atoms with Crippen LogP contribution in [-0.4, -0.2) is 29.1 Å². The lowest BCUT2D eigenvalue weighted by atomic mass is 10.0. The largest absolute Gasteiger partial charge is 0.416 e. The van der Waals surface area contributed by atoms with E-state index in [4.69, 9.17) is 0 Å². The zero-order chi connectivity index (χ0) is 25.7. The number of halogens is 4. The van der Waals surface area contributed by atoms with Gasteiger partial charge >= 0.3 is 6.18 Å². The van der Waals surface area contributed by atoms with Crippen molar-refractivity contribution >= 4 is 33.8 Å². The molecule has 2 aromatic heterocycles. The average Bonchev–Trinajstić information content (AvgIpc) is 3.48. The number of hydrogen-bond donors (Lipinski definition) is 3. The quantitative estimate of drug-likeness (QED) is 0.283. The van der Waals surface area contributed by atoms with Gasteiger partial charge in [0.2, 0.25) is 0 Å². The van der Waals surface area contributed by atoms with Crippen molar-refractivity contribution in [3.05, 3.63) is 77.4 Å². The van der Waals surface area contributed by atoms with E-state index in [2.05, 4.69) is 25.6 Å². The normalized spacial score (nSPS) is 16.5. The summed E-state index contributed by atoms with van der Waals surface area (Å²) in [4.78, 5) is 9.84. The average molecular weight is 511 g/mol. The Balaban J connectivity index is 1.14. The molecule has 0 saturated carbocycles. The molecule has 1 fully saturated rings. The summed E-state index contributed by atoms with van der Waals surface area (Å²) in [6.07, 6.45) is 0.487. The van der Waals surface area contributed by atoms with Gasteiger partial charge in [0.25, 0.3) is 0 Å². The molecule has 0 unspecified atom stereocenters. The number of piperidine rings is 1. The van der Waals surface area contributed by atoms with Gasteiger partial charge in [-0.1, -0.05) is 0 Å². The van der Waals surface area contributed by atoms with Gasteiger partial charge in [-0.15, -0.1) is 0 Å². The maximum absolute atomic E-state index is 13.8. The topological polar surface area (TPSA) is 59.2 Å². The molecule has 6 nitrogen and oxygen atoms in total. The summed E-state index contributed by atoms with van der Waals surface area (Å²) >= 11 is 0. The monoisotopic (exact) mass is 510 g/mol. The Hall–Kier alpha value is -3.79. The number of benzene rings is 2. The van der Waals surface area contributed by atoms with Crippen molar-refractivity contribution in [2.45, 2.75) is 38.5 Å². The van der Waals surface area contributed by atoms with Crippen molar-refractivity contribution in [3.8, 4) is 0 Å². The number of H-pyrrole nitrogens is 1. The molecule has 4 aromatic rings. The maximum Gasteiger partial charge on any atom is 0.416 e. The first-order valence-electron chi connectivity index (χ1n) is 12.2. The third-order valence-electron chi connectivity index (χ3n) is 7.32. The molecular formula is C27H26F4N6. The first-order valence-corrected chi connectivity index (χ1v) is 12.2. The number of aromatic amines is 1. The number of nitrogens with one attached hydrogen (secondary N) is 3. The van der Waals surface area contributed by atoms with Crippen LogP contribution < -0.4 is 20.7 Å². The first kappa shape index (κ1) is 23.6. The van der Waals surface area contributed by atoms with E-state index in [1.54, 1.807) is 18.3 Å². The Morgan fingerprint density at radius 3 is 2.65 bits per heavy atom. The van der Waals surface area contributed by atoms with Crippen LogP contribution in [0, 0.1) is 12.7 Å². The third kappa shape index (κ3) is 4.35. The molecule has 6 rings (SSSR count). The van der Waals surface area contributed by atoms with Crippen LogP contribution in [0.15, 0.2) is 54.9 Å². The fourth-order valence-corrected chi connectivity index (χ4v) is 5.36. The number of nitrogens with zero attached hydrogens (tertiary/aromatic N) is 3. The molecule has 0 radical (unpaired) electrons. The van der Waals surface area contributed by atoms with Crippen molar-refractivity contribution in [2.24, 2.45) is 0 Å². The highest BCUT2D eigenvalue weighted by atomic mass is 19.4. The number of hydrogen-bond acceptors (Lipinski definition) is 5. The van der Waals surface area contributed by atoms with Gasteiger partial charge in [0.1, 0.15) is 11.6 Å². The van der Waals surface area contributed by atoms with Crippen molar-refractivity contribution in [1.29, 1.82) is 0 Å². The van der Waals surface area contributed by atoms with Gasteiger partial charge in [-0.05, 0) is 67.8 Å². The van der Waals surface area contributed by atoms with Crippen LogP contribution in [-0.2, 0) is 12.7 Å². The van der Waals surface area contributed by atoms with Crippen molar-refractivity contribution in [2.75, 3.05) is 28.3 Å². The molecule has 192 valence electrons. The summed E-state index contributed by atoms with van der Waals surface area (Å²) in [5.74, 6) is 0.631. The minimum atomic E-state index is -4.34. The van der Waals surface area contributed by atoms with Gasteiger partial charge in [0, 0.05) is 60.4 Å². The molecule has 37 heavy (non-hydrogen) atoms. The van der Waals surface area contributed by atoms with Crippen LogP contribution in [0.2, 0.25) is 0 Å². The molecule has 10 heteroatoms. The fraction of sp³-hybridized carbons (Fsp3) is 0.296. The predicted octanol–water partition coefficient (Wildman–Crippen LogP) is 6.27. The van der Waals surface area contributed by atoms with E-state index in [0.29, 0.717) is 17.5 Å². The number of pyridine rings is 1. The summed E-state index contributed by atoms with van der Waals surface area (Å²) in [6.45, 7) is 3.99. The highest BCUT2D eigenvalue weighted by Crippen LogP contribution is 2.37. The summed E-state index contributed by atoms with van der Waals surface area (Å²) in [5.41, 5.74) is 7.69. The Morgan fingerprint density at radius 2 is 1.86 bits per heavy atom. The summed E-state index contributed by atoms with van der Waals surface area (Å²) in [6, 6.07) is 11.6. The number of anilines is 4. The Kier molecular flexibility index (Phi) is 5.71. The third-order valence-corrected chi connectivity index (χ3v) is 7.32. The Morgan fingerprint density at radius 1 is 1.05 bits per heavy atom. The summed E-state index contributed by atoms with van der Waals surface area (Å²) in [7, 11) is 0. The lowest BCUT2D eigenvalue weighted by Gasteiger charge is -2.38. The van der Waals surface area contributed by atoms with Gasteiger partial charge < -0.3 is 20.2 Å². The molecule has 2 aliphatic heterocycles. The van der Waals surface area contributed by atoms with Crippen LogP contribution in [0.25, 0.3) is 10.9 Å². The molecule has 4 heterocycles. The lowest BCUT2D eigenvalue weighted by Crippen LogP contribution is -2.48. The molecule has 0 aliphatic carbocycles. The van der Waals surface area contributed by atoms with Crippen LogP contribution in [0.1, 0.15) is 29.5 Å². The number of alkyl halides is 3. The van der Waals surface area contributed by atoms with Gasteiger partial charge in [-0.2, -0.15) is 13.2 Å². The zero-order valence-electron chi connectivity index (χ0n) is 20.2. The van der Waals surface area contributed by atoms with E-state index >= 15 is 0 Å². The molecule has 2 aliphatic rings. The Labute approximate surface area is 211 Å². The number of rotatable bonds is 4. The summed E-state index contributed by atoms with van der Waals surface area (Å²) in [5, 5.41) is 6.01. The molecule has 2 aromatic carbocycles. The Bertz CT molecular complexity index is 1460. The van der Waals surface area contributed by atoms with Gasteiger partial charge in [-0.3, -0.25) is 0 Å². The van der Waals surface area contributed by atoms with Gasteiger partial charge in [-0.25, -0.2) is 14.8 Å². The second-order valence-corrected chi connectivity index (χ2v) is 9.59. The molecule has 3 N–H and O–H groups in total. The highest BCUT2D eigenvalue weighted by Gasteiger charge is 2.34. The van der Waals surface area contributed by atoms with Crippen LogP contribution in [0.4, 0.5) is 40.4 Å². The zero-order valence-corrected chi connectivity index (χ0v) is 20.2. The van der Waals surface area contributed by atoms with Gasteiger partial charge in [0.05, 0.1) is 16.8 Å². The molecule has 0 atom stereocenters. The minimum absolute atomic E-state index is 0.184. The van der Waals surface area contributed by atoms with Crippen LogP contribution in [0.5, 0.6) is 0 Å². The van der Waals surface area contributed by atoms with E-state index < -0.39 is 11.7 Å². The first-order chi connectivity index (χ1) is 17.8. The summed E-state index contributed by atoms with van der Waals surface area (Å²) < 4.78 is 53.1. The van der Waals surface area contributed by atoms with E-state index in [9.17, 15) is 17.6 Å². The SMILES string of the molecule is Cc1c(Nc2ccc3c(F)c[nH]c3c2)ccnc1N1CCC(N2NCc3cc(C(F)(F)F)ccc32)CC1. The maximum atomic E-state index is 13.8. The van der Waals surface area contributed by atoms with E-state index in [1.165, 1.54) is 12.3 Å². The van der Waals surface area contributed by atoms with Crippen molar-refractivity contribution in [1.82, 2.24) is 15.4 Å².